The highest BCUT2D eigenvalue weighted by molar-refractivity contribution is 7.91. The Morgan fingerprint density at radius 1 is 1.42 bits per heavy atom. The van der Waals surface area contributed by atoms with Crippen LogP contribution in [0, 0.1) is 5.92 Å². The third-order valence-electron chi connectivity index (χ3n) is 3.86. The fourth-order valence-electron chi connectivity index (χ4n) is 2.01. The van der Waals surface area contributed by atoms with Gasteiger partial charge < -0.3 is 10.4 Å². The zero-order valence-corrected chi connectivity index (χ0v) is 11.3. The number of carbonyl (C=O) groups excluding carboxylic acids is 1. The van der Waals surface area contributed by atoms with Crippen molar-refractivity contribution in [3.63, 3.8) is 0 Å². The van der Waals surface area contributed by atoms with E-state index in [2.05, 4.69) is 11.9 Å². The first-order valence-corrected chi connectivity index (χ1v) is 7.36. The minimum absolute atomic E-state index is 0.223. The van der Waals surface area contributed by atoms with E-state index in [4.69, 9.17) is 5.11 Å². The number of sulfonamides is 1. The molecule has 2 amide bonds. The van der Waals surface area contributed by atoms with E-state index in [1.54, 1.807) is 6.92 Å². The lowest BCUT2D eigenvalue weighted by molar-refractivity contribution is -0.122. The topological polar surface area (TPSA) is 113 Å². The number of hydrogen-bond donors (Lipinski definition) is 3. The number of nitrogens with one attached hydrogen (secondary N) is 2. The Morgan fingerprint density at radius 2 is 2.00 bits per heavy atom. The Kier molecular flexibility index (Phi) is 2.89. The molecule has 2 fully saturated rings. The van der Waals surface area contributed by atoms with Gasteiger partial charge in [0.15, 0.2) is 0 Å². The van der Waals surface area contributed by atoms with Crippen molar-refractivity contribution in [3.8, 4) is 0 Å². The molecular formula is C11H16N2O5S. The molecule has 7 nitrogen and oxygen atoms in total. The SMILES string of the molecule is C=C[C@@H]1C[C@]1(NC(=O)O)C(=O)NS(=O)(=O)C1(C)CC1. The van der Waals surface area contributed by atoms with Crippen molar-refractivity contribution >= 4 is 22.0 Å². The molecule has 0 saturated heterocycles. The van der Waals surface area contributed by atoms with Crippen LogP contribution in [0.3, 0.4) is 0 Å². The second-order valence-electron chi connectivity index (χ2n) is 5.33. The van der Waals surface area contributed by atoms with Crippen LogP contribution in [0.5, 0.6) is 0 Å². The first-order valence-electron chi connectivity index (χ1n) is 5.87. The molecule has 0 aliphatic heterocycles. The fraction of sp³-hybridized carbons (Fsp3) is 0.636. The summed E-state index contributed by atoms with van der Waals surface area (Å²) < 4.78 is 25.0. The number of amides is 2. The zero-order valence-electron chi connectivity index (χ0n) is 10.5. The smallest absolute Gasteiger partial charge is 0.405 e. The van der Waals surface area contributed by atoms with Crippen LogP contribution in [-0.2, 0) is 14.8 Å². The largest absolute Gasteiger partial charge is 0.465 e. The van der Waals surface area contributed by atoms with Crippen LogP contribution >= 0.6 is 0 Å². The third-order valence-corrected chi connectivity index (χ3v) is 6.02. The molecule has 19 heavy (non-hydrogen) atoms. The van der Waals surface area contributed by atoms with Crippen LogP contribution in [0.4, 0.5) is 4.79 Å². The van der Waals surface area contributed by atoms with Crippen LogP contribution < -0.4 is 10.0 Å². The summed E-state index contributed by atoms with van der Waals surface area (Å²) in [5.41, 5.74) is -1.40. The average Bonchev–Trinajstić information content (AvgIpc) is 3.15. The van der Waals surface area contributed by atoms with Crippen molar-refractivity contribution in [2.75, 3.05) is 0 Å². The molecule has 2 aliphatic rings. The lowest BCUT2D eigenvalue weighted by atomic mass is 10.2. The Morgan fingerprint density at radius 3 is 2.37 bits per heavy atom. The van der Waals surface area contributed by atoms with Crippen LogP contribution in [-0.4, -0.2) is 35.8 Å². The maximum absolute atomic E-state index is 12.1. The van der Waals surface area contributed by atoms with E-state index < -0.39 is 32.3 Å². The molecule has 0 bridgehead atoms. The molecule has 0 unspecified atom stereocenters. The second-order valence-corrected chi connectivity index (χ2v) is 7.53. The fourth-order valence-corrected chi connectivity index (χ4v) is 3.32. The average molecular weight is 288 g/mol. The molecule has 0 heterocycles. The van der Waals surface area contributed by atoms with E-state index in [0.29, 0.717) is 12.8 Å². The number of carbonyl (C=O) groups is 2. The summed E-state index contributed by atoms with van der Waals surface area (Å²) in [6, 6.07) is 0. The lowest BCUT2D eigenvalue weighted by Crippen LogP contribution is -2.53. The number of rotatable bonds is 5. The predicted octanol–water partition coefficient (Wildman–Crippen LogP) is 0.197. The molecule has 0 aromatic heterocycles. The van der Waals surface area contributed by atoms with Crippen molar-refractivity contribution < 1.29 is 23.1 Å². The van der Waals surface area contributed by atoms with E-state index in [1.807, 2.05) is 4.72 Å². The van der Waals surface area contributed by atoms with E-state index in [9.17, 15) is 18.0 Å². The summed E-state index contributed by atoms with van der Waals surface area (Å²) in [7, 11) is -3.76. The number of carboxylic acid groups (broad SMARTS) is 1. The van der Waals surface area contributed by atoms with Gasteiger partial charge in [-0.05, 0) is 26.2 Å². The Bertz CT molecular complexity index is 551. The Labute approximate surface area is 111 Å². The summed E-state index contributed by atoms with van der Waals surface area (Å²) in [5.74, 6) is -1.21. The van der Waals surface area contributed by atoms with Crippen LogP contribution in [0.25, 0.3) is 0 Å². The first-order chi connectivity index (χ1) is 8.67. The highest BCUT2D eigenvalue weighted by Crippen LogP contribution is 2.46. The number of hydrogen-bond acceptors (Lipinski definition) is 4. The minimum atomic E-state index is -3.76. The lowest BCUT2D eigenvalue weighted by Gasteiger charge is -2.18. The van der Waals surface area contributed by atoms with Gasteiger partial charge in [0.1, 0.15) is 5.54 Å². The highest BCUT2D eigenvalue weighted by atomic mass is 32.2. The van der Waals surface area contributed by atoms with Gasteiger partial charge in [0.2, 0.25) is 10.0 Å². The molecular weight excluding hydrogens is 272 g/mol. The monoisotopic (exact) mass is 288 g/mol. The molecule has 0 aromatic rings. The van der Waals surface area contributed by atoms with Crippen molar-refractivity contribution in [3.05, 3.63) is 12.7 Å². The van der Waals surface area contributed by atoms with E-state index in [1.165, 1.54) is 6.08 Å². The van der Waals surface area contributed by atoms with E-state index >= 15 is 0 Å². The normalized spacial score (nSPS) is 31.1. The van der Waals surface area contributed by atoms with Gasteiger partial charge in [0, 0.05) is 5.92 Å². The van der Waals surface area contributed by atoms with Crippen LogP contribution in [0.15, 0.2) is 12.7 Å². The van der Waals surface area contributed by atoms with Crippen LogP contribution in [0.2, 0.25) is 0 Å². The standard InChI is InChI=1S/C11H16N2O5S/c1-3-7-6-11(7,12-9(15)16)8(14)13-19(17,18)10(2)4-5-10/h3,7,12H,1,4-6H2,2H3,(H,13,14)(H,15,16)/t7-,11-/m1/s1. The molecule has 0 spiro atoms. The van der Waals surface area contributed by atoms with Crippen molar-refractivity contribution in [2.45, 2.75) is 36.5 Å². The first kappa shape index (κ1) is 13.9. The van der Waals surface area contributed by atoms with Gasteiger partial charge in [-0.15, -0.1) is 6.58 Å². The Hall–Kier alpha value is -1.57. The minimum Gasteiger partial charge on any atom is -0.465 e. The second kappa shape index (κ2) is 3.96. The maximum atomic E-state index is 12.1. The zero-order chi connectivity index (χ0) is 14.5. The maximum Gasteiger partial charge on any atom is 0.405 e. The summed E-state index contributed by atoms with van der Waals surface area (Å²) in [6.07, 6.45) is 1.30. The van der Waals surface area contributed by atoms with E-state index in [-0.39, 0.29) is 12.3 Å². The summed E-state index contributed by atoms with van der Waals surface area (Å²) >= 11 is 0. The molecule has 3 N–H and O–H groups in total. The van der Waals surface area contributed by atoms with Crippen molar-refractivity contribution in [2.24, 2.45) is 5.92 Å². The molecule has 2 atom stereocenters. The third kappa shape index (κ3) is 2.20. The molecule has 106 valence electrons. The van der Waals surface area contributed by atoms with Gasteiger partial charge in [0.05, 0.1) is 4.75 Å². The molecule has 0 radical (unpaired) electrons. The molecule has 2 rings (SSSR count). The molecule has 0 aromatic carbocycles. The van der Waals surface area contributed by atoms with Gasteiger partial charge in [-0.2, -0.15) is 0 Å². The van der Waals surface area contributed by atoms with Gasteiger partial charge in [-0.1, -0.05) is 6.08 Å². The molecule has 8 heteroatoms. The van der Waals surface area contributed by atoms with Crippen LogP contribution in [0.1, 0.15) is 26.2 Å². The van der Waals surface area contributed by atoms with Gasteiger partial charge in [-0.25, -0.2) is 13.2 Å². The highest BCUT2D eigenvalue weighted by Gasteiger charge is 2.62. The summed E-state index contributed by atoms with van der Waals surface area (Å²) in [5, 5.41) is 10.8. The molecule has 2 aliphatic carbocycles. The summed E-state index contributed by atoms with van der Waals surface area (Å²) in [4.78, 5) is 22.8. The quantitative estimate of drug-likeness (QED) is 0.625. The van der Waals surface area contributed by atoms with Gasteiger partial charge in [-0.3, -0.25) is 9.52 Å². The van der Waals surface area contributed by atoms with Gasteiger partial charge in [0.25, 0.3) is 5.91 Å². The van der Waals surface area contributed by atoms with E-state index in [0.717, 1.165) is 0 Å². The molecule has 2 saturated carbocycles. The summed E-state index contributed by atoms with van der Waals surface area (Å²) in [6.45, 7) is 5.06. The van der Waals surface area contributed by atoms with Crippen molar-refractivity contribution in [1.29, 1.82) is 0 Å². The Balaban J connectivity index is 2.14. The van der Waals surface area contributed by atoms with Crippen molar-refractivity contribution in [1.82, 2.24) is 10.0 Å². The predicted molar refractivity (Wildman–Crippen MR) is 66.9 cm³/mol. The van der Waals surface area contributed by atoms with Gasteiger partial charge >= 0.3 is 6.09 Å².